The van der Waals surface area contributed by atoms with Gasteiger partial charge in [0.2, 0.25) is 0 Å². The summed E-state index contributed by atoms with van der Waals surface area (Å²) >= 11 is 0. The van der Waals surface area contributed by atoms with Crippen LogP contribution in [0.3, 0.4) is 0 Å². The van der Waals surface area contributed by atoms with E-state index in [-0.39, 0.29) is 17.3 Å². The molecule has 2 N–H and O–H groups in total. The van der Waals surface area contributed by atoms with Crippen molar-refractivity contribution in [3.63, 3.8) is 0 Å². The standard InChI is InChI=1S/C14H16N2O4/c17-14(18)11-4-3-10(16(19)20)7-13(11)15-12-6-8-1-2-9(12)5-8/h3-4,7-9,12,15H,1-2,5-6H2,(H,17,18). The molecule has 0 spiro atoms. The topological polar surface area (TPSA) is 92.5 Å². The van der Waals surface area contributed by atoms with Gasteiger partial charge in [-0.1, -0.05) is 6.42 Å². The van der Waals surface area contributed by atoms with E-state index in [0.29, 0.717) is 11.6 Å². The highest BCUT2D eigenvalue weighted by Crippen LogP contribution is 2.45. The zero-order chi connectivity index (χ0) is 14.3. The molecule has 2 fully saturated rings. The molecule has 0 saturated heterocycles. The molecule has 6 heteroatoms. The lowest BCUT2D eigenvalue weighted by molar-refractivity contribution is -0.384. The highest BCUT2D eigenvalue weighted by atomic mass is 16.6. The Hall–Kier alpha value is -2.11. The van der Waals surface area contributed by atoms with Gasteiger partial charge in [0.15, 0.2) is 0 Å². The predicted molar refractivity (Wildman–Crippen MR) is 72.9 cm³/mol. The quantitative estimate of drug-likeness (QED) is 0.651. The van der Waals surface area contributed by atoms with Crippen LogP contribution >= 0.6 is 0 Å². The van der Waals surface area contributed by atoms with E-state index >= 15 is 0 Å². The van der Waals surface area contributed by atoms with Crippen LogP contribution in [0, 0.1) is 22.0 Å². The fourth-order valence-electron chi connectivity index (χ4n) is 3.57. The normalized spacial score (nSPS) is 27.5. The van der Waals surface area contributed by atoms with Gasteiger partial charge in [0.05, 0.1) is 16.2 Å². The Kier molecular flexibility index (Phi) is 3.08. The van der Waals surface area contributed by atoms with Crippen LogP contribution in [0.5, 0.6) is 0 Å². The molecule has 6 nitrogen and oxygen atoms in total. The third-order valence-corrected chi connectivity index (χ3v) is 4.52. The Labute approximate surface area is 115 Å². The number of fused-ring (bicyclic) bond motifs is 2. The van der Waals surface area contributed by atoms with Crippen molar-refractivity contribution in [3.8, 4) is 0 Å². The average molecular weight is 276 g/mol. The highest BCUT2D eigenvalue weighted by molar-refractivity contribution is 5.94. The fourth-order valence-corrected chi connectivity index (χ4v) is 3.57. The van der Waals surface area contributed by atoms with E-state index in [1.807, 2.05) is 0 Å². The van der Waals surface area contributed by atoms with Gasteiger partial charge in [-0.2, -0.15) is 0 Å². The Morgan fingerprint density at radius 1 is 1.35 bits per heavy atom. The largest absolute Gasteiger partial charge is 0.478 e. The van der Waals surface area contributed by atoms with Crippen molar-refractivity contribution >= 4 is 17.3 Å². The van der Waals surface area contributed by atoms with E-state index in [4.69, 9.17) is 0 Å². The maximum absolute atomic E-state index is 11.2. The van der Waals surface area contributed by atoms with E-state index in [2.05, 4.69) is 5.32 Å². The number of carboxylic acid groups (broad SMARTS) is 1. The molecule has 0 amide bonds. The first kappa shape index (κ1) is 12.9. The Morgan fingerprint density at radius 2 is 2.15 bits per heavy atom. The van der Waals surface area contributed by atoms with E-state index in [9.17, 15) is 20.0 Å². The first-order chi connectivity index (χ1) is 9.54. The molecule has 2 saturated carbocycles. The van der Waals surface area contributed by atoms with Crippen molar-refractivity contribution in [3.05, 3.63) is 33.9 Å². The first-order valence-corrected chi connectivity index (χ1v) is 6.83. The number of nitrogens with zero attached hydrogens (tertiary/aromatic N) is 1. The molecule has 1 aromatic carbocycles. The van der Waals surface area contributed by atoms with Crippen LogP contribution in [-0.2, 0) is 0 Å². The van der Waals surface area contributed by atoms with E-state index < -0.39 is 10.9 Å². The molecule has 20 heavy (non-hydrogen) atoms. The van der Waals surface area contributed by atoms with E-state index in [1.54, 1.807) is 0 Å². The second-order valence-corrected chi connectivity index (χ2v) is 5.72. The number of rotatable bonds is 4. The number of nitro groups is 1. The molecule has 3 unspecified atom stereocenters. The van der Waals surface area contributed by atoms with Crippen molar-refractivity contribution in [2.45, 2.75) is 31.7 Å². The summed E-state index contributed by atoms with van der Waals surface area (Å²) in [6.45, 7) is 0. The third-order valence-electron chi connectivity index (χ3n) is 4.52. The lowest BCUT2D eigenvalue weighted by atomic mass is 9.95. The van der Waals surface area contributed by atoms with Gasteiger partial charge in [0.1, 0.15) is 0 Å². The smallest absolute Gasteiger partial charge is 0.337 e. The summed E-state index contributed by atoms with van der Waals surface area (Å²) in [5, 5.41) is 23.3. The minimum atomic E-state index is -1.06. The Balaban J connectivity index is 1.88. The molecular weight excluding hydrogens is 260 g/mol. The number of hydrogen-bond acceptors (Lipinski definition) is 4. The number of aromatic carboxylic acids is 1. The van der Waals surface area contributed by atoms with Crippen LogP contribution < -0.4 is 5.32 Å². The van der Waals surface area contributed by atoms with Gasteiger partial charge in [-0.05, 0) is 37.2 Å². The summed E-state index contributed by atoms with van der Waals surface area (Å²) in [5.74, 6) is 0.232. The van der Waals surface area contributed by atoms with Crippen LogP contribution in [0.25, 0.3) is 0 Å². The molecule has 106 valence electrons. The second kappa shape index (κ2) is 4.77. The SMILES string of the molecule is O=C(O)c1ccc([N+](=O)[O-])cc1NC1CC2CCC1C2. The van der Waals surface area contributed by atoms with Crippen LogP contribution in [0.4, 0.5) is 11.4 Å². The molecule has 1 aromatic rings. The molecule has 0 aliphatic heterocycles. The Bertz CT molecular complexity index is 572. The number of nitro benzene ring substituents is 1. The van der Waals surface area contributed by atoms with E-state index in [0.717, 1.165) is 12.3 Å². The molecule has 2 bridgehead atoms. The van der Waals surface area contributed by atoms with Gasteiger partial charge in [-0.25, -0.2) is 4.79 Å². The van der Waals surface area contributed by atoms with Crippen LogP contribution in [0.15, 0.2) is 18.2 Å². The Morgan fingerprint density at radius 3 is 2.70 bits per heavy atom. The van der Waals surface area contributed by atoms with Crippen molar-refractivity contribution in [1.29, 1.82) is 0 Å². The number of non-ortho nitro benzene ring substituents is 1. The molecule has 2 aliphatic carbocycles. The van der Waals surface area contributed by atoms with Gasteiger partial charge in [-0.3, -0.25) is 10.1 Å². The van der Waals surface area contributed by atoms with Crippen molar-refractivity contribution in [2.24, 2.45) is 11.8 Å². The summed E-state index contributed by atoms with van der Waals surface area (Å²) < 4.78 is 0. The molecule has 3 rings (SSSR count). The summed E-state index contributed by atoms with van der Waals surface area (Å²) in [7, 11) is 0. The summed E-state index contributed by atoms with van der Waals surface area (Å²) in [5.41, 5.74) is 0.378. The molecule has 0 aromatic heterocycles. The summed E-state index contributed by atoms with van der Waals surface area (Å²) in [4.78, 5) is 21.6. The number of nitrogens with one attached hydrogen (secondary N) is 1. The number of hydrogen-bond donors (Lipinski definition) is 2. The van der Waals surface area contributed by atoms with Crippen molar-refractivity contribution in [2.75, 3.05) is 5.32 Å². The van der Waals surface area contributed by atoms with Gasteiger partial charge >= 0.3 is 5.97 Å². The number of carboxylic acids is 1. The minimum Gasteiger partial charge on any atom is -0.478 e. The second-order valence-electron chi connectivity index (χ2n) is 5.72. The van der Waals surface area contributed by atoms with Crippen LogP contribution in [-0.4, -0.2) is 22.0 Å². The number of carbonyl (C=O) groups is 1. The number of anilines is 1. The molecule has 0 heterocycles. The summed E-state index contributed by atoms with van der Waals surface area (Å²) in [6, 6.07) is 4.11. The van der Waals surface area contributed by atoms with Crippen molar-refractivity contribution < 1.29 is 14.8 Å². The summed E-state index contributed by atoms with van der Waals surface area (Å²) in [6.07, 6.45) is 4.64. The highest BCUT2D eigenvalue weighted by Gasteiger charge is 2.39. The van der Waals surface area contributed by atoms with Gasteiger partial charge < -0.3 is 10.4 Å². The predicted octanol–water partition coefficient (Wildman–Crippen LogP) is 2.89. The van der Waals surface area contributed by atoms with Crippen LogP contribution in [0.1, 0.15) is 36.0 Å². The first-order valence-electron chi connectivity index (χ1n) is 6.83. The third kappa shape index (κ3) is 2.21. The molecule has 3 atom stereocenters. The zero-order valence-electron chi connectivity index (χ0n) is 10.9. The maximum Gasteiger partial charge on any atom is 0.337 e. The monoisotopic (exact) mass is 276 g/mol. The maximum atomic E-state index is 11.2. The van der Waals surface area contributed by atoms with Gasteiger partial charge in [-0.15, -0.1) is 0 Å². The molecular formula is C14H16N2O4. The van der Waals surface area contributed by atoms with Gasteiger partial charge in [0.25, 0.3) is 5.69 Å². The average Bonchev–Trinajstić information content (AvgIpc) is 3.00. The van der Waals surface area contributed by atoms with Crippen molar-refractivity contribution in [1.82, 2.24) is 0 Å². The number of benzene rings is 1. The van der Waals surface area contributed by atoms with Gasteiger partial charge in [0, 0.05) is 18.2 Å². The van der Waals surface area contributed by atoms with E-state index in [1.165, 1.54) is 37.5 Å². The zero-order valence-corrected chi connectivity index (χ0v) is 10.9. The lowest BCUT2D eigenvalue weighted by Crippen LogP contribution is -2.26. The molecule has 2 aliphatic rings. The van der Waals surface area contributed by atoms with Crippen LogP contribution in [0.2, 0.25) is 0 Å². The fraction of sp³-hybridized carbons (Fsp3) is 0.500. The molecule has 0 radical (unpaired) electrons. The lowest BCUT2D eigenvalue weighted by Gasteiger charge is -2.24. The minimum absolute atomic E-state index is 0.0827.